The van der Waals surface area contributed by atoms with Crippen LogP contribution in [0.2, 0.25) is 5.02 Å². The summed E-state index contributed by atoms with van der Waals surface area (Å²) in [7, 11) is 0. The van der Waals surface area contributed by atoms with E-state index >= 15 is 0 Å². The molecule has 4 rings (SSSR count). The van der Waals surface area contributed by atoms with Gasteiger partial charge in [0, 0.05) is 41.3 Å². The number of nitrogens with one attached hydrogen (secondary N) is 1. The fourth-order valence-corrected chi connectivity index (χ4v) is 4.62. The van der Waals surface area contributed by atoms with E-state index in [9.17, 15) is 4.79 Å². The molecule has 1 aromatic carbocycles. The highest BCUT2D eigenvalue weighted by atomic mass is 35.5. The van der Waals surface area contributed by atoms with Crippen molar-refractivity contribution in [1.29, 1.82) is 0 Å². The highest BCUT2D eigenvalue weighted by Crippen LogP contribution is 2.33. The number of hydrogen-bond acceptors (Lipinski definition) is 5. The van der Waals surface area contributed by atoms with E-state index < -0.39 is 0 Å². The third kappa shape index (κ3) is 3.78. The van der Waals surface area contributed by atoms with Gasteiger partial charge in [0.1, 0.15) is 0 Å². The van der Waals surface area contributed by atoms with Gasteiger partial charge < -0.3 is 16.0 Å². The van der Waals surface area contributed by atoms with Gasteiger partial charge in [-0.3, -0.25) is 9.78 Å². The van der Waals surface area contributed by atoms with Crippen molar-refractivity contribution >= 4 is 50.3 Å². The molecule has 0 atom stereocenters. The van der Waals surface area contributed by atoms with E-state index in [1.54, 1.807) is 12.4 Å². The van der Waals surface area contributed by atoms with Crippen LogP contribution < -0.4 is 16.0 Å². The molecule has 7 heteroatoms. The molecule has 3 aromatic rings. The Hall–Kier alpha value is -2.15. The highest BCUT2D eigenvalue weighted by molar-refractivity contribution is 7.17. The monoisotopic (exact) mass is 400 g/mol. The minimum absolute atomic E-state index is 0.132. The van der Waals surface area contributed by atoms with Gasteiger partial charge in [-0.15, -0.1) is 11.3 Å². The van der Waals surface area contributed by atoms with Crippen molar-refractivity contribution in [1.82, 2.24) is 4.98 Å². The molecule has 1 aliphatic heterocycles. The average molecular weight is 401 g/mol. The normalized spacial score (nSPS) is 15.3. The third-order valence-corrected chi connectivity index (χ3v) is 6.29. The second-order valence-electron chi connectivity index (χ2n) is 6.80. The number of carbonyl (C=O) groups is 1. The molecule has 1 amide bonds. The molecular weight excluding hydrogens is 380 g/mol. The van der Waals surface area contributed by atoms with Gasteiger partial charge in [-0.25, -0.2) is 0 Å². The maximum absolute atomic E-state index is 12.9. The van der Waals surface area contributed by atoms with E-state index in [1.807, 2.05) is 29.6 Å². The van der Waals surface area contributed by atoms with Crippen LogP contribution in [0.1, 0.15) is 23.2 Å². The van der Waals surface area contributed by atoms with Crippen LogP contribution in [0.15, 0.2) is 42.0 Å². The number of aromatic nitrogens is 1. The molecule has 3 heterocycles. The van der Waals surface area contributed by atoms with Crippen LogP contribution in [-0.2, 0) is 0 Å². The number of rotatable bonds is 4. The quantitative estimate of drug-likeness (QED) is 0.681. The molecule has 2 aromatic heterocycles. The number of hydrogen-bond donors (Lipinski definition) is 2. The number of nitrogens with two attached hydrogens (primary N) is 1. The van der Waals surface area contributed by atoms with Crippen LogP contribution in [-0.4, -0.2) is 30.5 Å². The summed E-state index contributed by atoms with van der Waals surface area (Å²) in [6.45, 7) is 2.59. The summed E-state index contributed by atoms with van der Waals surface area (Å²) in [5, 5.41) is 6.46. The number of halogens is 1. The molecule has 0 aliphatic carbocycles. The first-order chi connectivity index (χ1) is 13.2. The largest absolute Gasteiger partial charge is 0.370 e. The van der Waals surface area contributed by atoms with Crippen molar-refractivity contribution in [3.8, 4) is 0 Å². The van der Waals surface area contributed by atoms with E-state index in [0.717, 1.165) is 53.9 Å². The Morgan fingerprint density at radius 3 is 2.93 bits per heavy atom. The van der Waals surface area contributed by atoms with Crippen LogP contribution >= 0.6 is 22.9 Å². The maximum atomic E-state index is 12.9. The Balaban J connectivity index is 1.60. The number of fused-ring (bicyclic) bond motifs is 1. The van der Waals surface area contributed by atoms with Crippen molar-refractivity contribution in [2.24, 2.45) is 11.7 Å². The fourth-order valence-electron chi connectivity index (χ4n) is 3.54. The molecule has 0 saturated carbocycles. The predicted molar refractivity (Wildman–Crippen MR) is 113 cm³/mol. The molecule has 3 N–H and O–H groups in total. The van der Waals surface area contributed by atoms with E-state index in [4.69, 9.17) is 17.3 Å². The zero-order valence-corrected chi connectivity index (χ0v) is 16.4. The lowest BCUT2D eigenvalue weighted by Gasteiger charge is -2.34. The molecule has 1 saturated heterocycles. The van der Waals surface area contributed by atoms with Gasteiger partial charge in [0.05, 0.1) is 21.6 Å². The molecule has 0 radical (unpaired) electrons. The molecule has 1 fully saturated rings. The predicted octanol–water partition coefficient (Wildman–Crippen LogP) is 4.38. The van der Waals surface area contributed by atoms with Gasteiger partial charge in [0.15, 0.2) is 0 Å². The lowest BCUT2D eigenvalue weighted by molar-refractivity contribution is 0.102. The van der Waals surface area contributed by atoms with Gasteiger partial charge in [-0.05, 0) is 49.6 Å². The van der Waals surface area contributed by atoms with Gasteiger partial charge >= 0.3 is 0 Å². The lowest BCUT2D eigenvalue weighted by Crippen LogP contribution is -2.36. The zero-order chi connectivity index (χ0) is 18.8. The maximum Gasteiger partial charge on any atom is 0.257 e. The lowest BCUT2D eigenvalue weighted by atomic mass is 9.96. The SMILES string of the molecule is NCC1CCN(c2ccc(Cl)cc2NC(=O)c2csc3cnccc23)CC1. The van der Waals surface area contributed by atoms with Gasteiger partial charge in [0.2, 0.25) is 0 Å². The topological polar surface area (TPSA) is 71.2 Å². The summed E-state index contributed by atoms with van der Waals surface area (Å²) in [5.74, 6) is 0.449. The molecule has 5 nitrogen and oxygen atoms in total. The third-order valence-electron chi connectivity index (χ3n) is 5.12. The second kappa shape index (κ2) is 7.84. The van der Waals surface area contributed by atoms with Gasteiger partial charge in [0.25, 0.3) is 5.91 Å². The fraction of sp³-hybridized carbons (Fsp3) is 0.300. The highest BCUT2D eigenvalue weighted by Gasteiger charge is 2.22. The molecule has 0 bridgehead atoms. The van der Waals surface area contributed by atoms with Crippen LogP contribution in [0.4, 0.5) is 11.4 Å². The minimum Gasteiger partial charge on any atom is -0.370 e. The molecule has 1 aliphatic rings. The standard InChI is InChI=1S/C20H21ClN4OS/c21-14-1-2-18(25-7-4-13(10-22)5-8-25)17(9-14)24-20(26)16-12-27-19-11-23-6-3-15(16)19/h1-3,6,9,11-13H,4-5,7-8,10,22H2,(H,24,26). The van der Waals surface area contributed by atoms with Crippen LogP contribution in [0.25, 0.3) is 10.1 Å². The number of anilines is 2. The Morgan fingerprint density at radius 2 is 2.15 bits per heavy atom. The Morgan fingerprint density at radius 1 is 1.33 bits per heavy atom. The molecule has 27 heavy (non-hydrogen) atoms. The molecule has 0 unspecified atom stereocenters. The first-order valence-electron chi connectivity index (χ1n) is 9.03. The summed E-state index contributed by atoms with van der Waals surface area (Å²) >= 11 is 7.73. The summed E-state index contributed by atoms with van der Waals surface area (Å²) in [6.07, 6.45) is 5.62. The molecular formula is C20H21ClN4OS. The molecule has 140 valence electrons. The van der Waals surface area contributed by atoms with Crippen molar-refractivity contribution in [3.63, 3.8) is 0 Å². The summed E-state index contributed by atoms with van der Waals surface area (Å²) in [5.41, 5.74) is 8.21. The minimum atomic E-state index is -0.132. The van der Waals surface area contributed by atoms with Crippen LogP contribution in [0.5, 0.6) is 0 Å². The number of piperidine rings is 1. The summed E-state index contributed by atoms with van der Waals surface area (Å²) in [4.78, 5) is 19.3. The van der Waals surface area contributed by atoms with Crippen molar-refractivity contribution in [2.75, 3.05) is 29.9 Å². The van der Waals surface area contributed by atoms with Crippen molar-refractivity contribution < 1.29 is 4.79 Å². The smallest absolute Gasteiger partial charge is 0.257 e. The first kappa shape index (κ1) is 18.2. The average Bonchev–Trinajstić information content (AvgIpc) is 3.13. The first-order valence-corrected chi connectivity index (χ1v) is 10.3. The van der Waals surface area contributed by atoms with E-state index in [-0.39, 0.29) is 5.91 Å². The van der Waals surface area contributed by atoms with Gasteiger partial charge in [-0.2, -0.15) is 0 Å². The van der Waals surface area contributed by atoms with E-state index in [0.29, 0.717) is 16.5 Å². The van der Waals surface area contributed by atoms with Gasteiger partial charge in [-0.1, -0.05) is 11.6 Å². The number of amides is 1. The van der Waals surface area contributed by atoms with Crippen LogP contribution in [0.3, 0.4) is 0 Å². The molecule has 0 spiro atoms. The van der Waals surface area contributed by atoms with Crippen molar-refractivity contribution in [2.45, 2.75) is 12.8 Å². The number of benzene rings is 1. The zero-order valence-electron chi connectivity index (χ0n) is 14.8. The van der Waals surface area contributed by atoms with Crippen LogP contribution in [0, 0.1) is 5.92 Å². The number of nitrogens with zero attached hydrogens (tertiary/aromatic N) is 2. The van der Waals surface area contributed by atoms with E-state index in [2.05, 4.69) is 15.2 Å². The van der Waals surface area contributed by atoms with Crippen molar-refractivity contribution in [3.05, 3.63) is 52.6 Å². The Kier molecular flexibility index (Phi) is 5.29. The number of thiophene rings is 1. The van der Waals surface area contributed by atoms with E-state index in [1.165, 1.54) is 11.3 Å². The summed E-state index contributed by atoms with van der Waals surface area (Å²) in [6, 6.07) is 7.54. The second-order valence-corrected chi connectivity index (χ2v) is 8.15. The Labute approximate surface area is 167 Å². The Bertz CT molecular complexity index is 966. The number of pyridine rings is 1. The summed E-state index contributed by atoms with van der Waals surface area (Å²) < 4.78 is 0.998. The number of carbonyl (C=O) groups excluding carboxylic acids is 1.